The zero-order chi connectivity index (χ0) is 27.6. The third-order valence-corrected chi connectivity index (χ3v) is 7.47. The van der Waals surface area contributed by atoms with E-state index in [0.29, 0.717) is 0 Å². The van der Waals surface area contributed by atoms with E-state index in [1.807, 2.05) is 61.7 Å². The monoisotopic (exact) mass is 705 g/mol. The first-order valence-corrected chi connectivity index (χ1v) is 13.1. The number of hydrogen-bond acceptors (Lipinski definition) is 4. The number of pyridine rings is 2. The van der Waals surface area contributed by atoms with Gasteiger partial charge in [0.15, 0.2) is 0 Å². The minimum Gasteiger partial charge on any atom is -0.500 e. The van der Waals surface area contributed by atoms with Crippen LogP contribution in [-0.4, -0.2) is 9.97 Å². The molecule has 7 aromatic rings. The summed E-state index contributed by atoms with van der Waals surface area (Å²) in [6.07, 6.45) is 3.57. The van der Waals surface area contributed by atoms with Crippen LogP contribution in [-0.2, 0) is 20.1 Å². The number of benzene rings is 3. The molecule has 0 saturated heterocycles. The first-order chi connectivity index (χ1) is 19.6. The number of rotatable bonds is 2. The molecule has 4 heterocycles. The fourth-order valence-electron chi connectivity index (χ4n) is 4.47. The molecule has 1 radical (unpaired) electrons. The predicted molar refractivity (Wildman–Crippen MR) is 159 cm³/mol. The molecule has 0 unspecified atom stereocenters. The van der Waals surface area contributed by atoms with Gasteiger partial charge < -0.3 is 14.4 Å². The van der Waals surface area contributed by atoms with Crippen molar-refractivity contribution in [2.45, 2.75) is 27.6 Å². The number of fused-ring (bicyclic) bond motifs is 5. The summed E-state index contributed by atoms with van der Waals surface area (Å²) >= 11 is 1.77. The molecule has 0 fully saturated rings. The Hall–Kier alpha value is -3.63. The van der Waals surface area contributed by atoms with Crippen LogP contribution in [0.2, 0.25) is 0 Å². The summed E-state index contributed by atoms with van der Waals surface area (Å²) < 4.78 is 22.9. The number of aryl methyl sites for hydroxylation is 4. The standard InChI is InChI=1S/C22H16NOS.C12H10N.Ir/c1-12-9-19(23-11-13(12)2)17-6-4-5-15-16-7-8-20-18(10-14(3)25-20)22(16)24-21(15)17;1-10-7-8-12(13-9-10)11-5-3-2-4-6-11;/h4-5,7-11H,1-3H3;2-5,7-9H,1H3;/q2*-1;/i1D,2D;;. The maximum Gasteiger partial charge on any atom is 0.129 e. The fraction of sp³-hybridized carbons (Fsp3) is 0.118. The van der Waals surface area contributed by atoms with Gasteiger partial charge in [0.05, 0.1) is 5.58 Å². The summed E-state index contributed by atoms with van der Waals surface area (Å²) in [5.41, 5.74) is 8.02. The summed E-state index contributed by atoms with van der Waals surface area (Å²) in [7, 11) is 0. The molecule has 39 heavy (non-hydrogen) atoms. The molecule has 3 aromatic carbocycles. The normalized spacial score (nSPS) is 11.5. The molecular formula is C34H26IrN2OS-2. The van der Waals surface area contributed by atoms with Crippen molar-refractivity contribution in [2.24, 2.45) is 0 Å². The third-order valence-electron chi connectivity index (χ3n) is 6.45. The second-order valence-corrected chi connectivity index (χ2v) is 10.5. The number of aromatic nitrogens is 2. The molecule has 195 valence electrons. The third kappa shape index (κ3) is 5.31. The molecule has 0 atom stereocenters. The van der Waals surface area contributed by atoms with E-state index in [1.54, 1.807) is 17.5 Å². The van der Waals surface area contributed by atoms with E-state index in [2.05, 4.69) is 53.3 Å². The van der Waals surface area contributed by atoms with Crippen molar-refractivity contribution in [1.29, 1.82) is 0 Å². The van der Waals surface area contributed by atoms with Gasteiger partial charge in [-0.15, -0.1) is 65.4 Å². The summed E-state index contributed by atoms with van der Waals surface area (Å²) in [5.74, 6) is 0. The van der Waals surface area contributed by atoms with E-state index in [1.165, 1.54) is 15.1 Å². The Bertz CT molecular complexity index is 1950. The van der Waals surface area contributed by atoms with E-state index in [4.69, 9.17) is 7.16 Å². The van der Waals surface area contributed by atoms with Gasteiger partial charge in [-0.1, -0.05) is 40.8 Å². The van der Waals surface area contributed by atoms with Crippen molar-refractivity contribution in [2.75, 3.05) is 0 Å². The van der Waals surface area contributed by atoms with Crippen molar-refractivity contribution in [3.63, 3.8) is 0 Å². The van der Waals surface area contributed by atoms with Gasteiger partial charge in [0.1, 0.15) is 5.58 Å². The minimum absolute atomic E-state index is 0. The Labute approximate surface area is 248 Å². The Morgan fingerprint density at radius 1 is 0.769 bits per heavy atom. The Morgan fingerprint density at radius 3 is 2.38 bits per heavy atom. The van der Waals surface area contributed by atoms with Crippen molar-refractivity contribution in [1.82, 2.24) is 9.97 Å². The zero-order valence-electron chi connectivity index (χ0n) is 23.5. The van der Waals surface area contributed by atoms with Gasteiger partial charge in [0, 0.05) is 55.6 Å². The predicted octanol–water partition coefficient (Wildman–Crippen LogP) is 9.44. The molecule has 0 amide bonds. The molecule has 0 aliphatic rings. The molecule has 5 heteroatoms. The van der Waals surface area contributed by atoms with Gasteiger partial charge in [-0.3, -0.25) is 0 Å². The average molecular weight is 705 g/mol. The van der Waals surface area contributed by atoms with Gasteiger partial charge >= 0.3 is 0 Å². The van der Waals surface area contributed by atoms with Crippen LogP contribution in [0.5, 0.6) is 0 Å². The van der Waals surface area contributed by atoms with Crippen LogP contribution >= 0.6 is 11.3 Å². The largest absolute Gasteiger partial charge is 0.500 e. The summed E-state index contributed by atoms with van der Waals surface area (Å²) in [5, 5.41) is 3.28. The minimum atomic E-state index is 0. The van der Waals surface area contributed by atoms with Crippen LogP contribution in [0, 0.1) is 39.8 Å². The molecule has 0 spiro atoms. The first-order valence-electron chi connectivity index (χ1n) is 13.7. The molecular weight excluding hydrogens is 677 g/mol. The van der Waals surface area contributed by atoms with Crippen LogP contribution < -0.4 is 0 Å². The topological polar surface area (TPSA) is 38.9 Å². The van der Waals surface area contributed by atoms with Crippen LogP contribution in [0.15, 0.2) is 89.6 Å². The molecule has 0 bridgehead atoms. The SMILES string of the molecule is Cc1ccc(-c2[c-]cccc2)nc1.[2H]Cc1cnc(-c2[c-]ccc3c2oc2c4cc(C)sc4ccc32)cc1C[2H].[Ir]. The van der Waals surface area contributed by atoms with Gasteiger partial charge in [0.2, 0.25) is 0 Å². The van der Waals surface area contributed by atoms with Gasteiger partial charge in [-0.2, -0.15) is 0 Å². The number of thiophene rings is 1. The maximum atomic E-state index is 7.75. The second-order valence-electron chi connectivity index (χ2n) is 9.24. The van der Waals surface area contributed by atoms with Crippen molar-refractivity contribution < 1.29 is 27.3 Å². The Balaban J connectivity index is 0.000000204. The number of furan rings is 1. The van der Waals surface area contributed by atoms with Crippen molar-refractivity contribution in [3.8, 4) is 22.5 Å². The van der Waals surface area contributed by atoms with E-state index in [0.717, 1.165) is 61.0 Å². The Kier molecular flexibility index (Phi) is 7.03. The zero-order valence-corrected chi connectivity index (χ0v) is 24.8. The van der Waals surface area contributed by atoms with E-state index in [-0.39, 0.29) is 33.9 Å². The summed E-state index contributed by atoms with van der Waals surface area (Å²) in [6.45, 7) is 4.41. The molecule has 4 aromatic heterocycles. The molecule has 3 nitrogen and oxygen atoms in total. The van der Waals surface area contributed by atoms with Crippen LogP contribution in [0.25, 0.3) is 54.5 Å². The van der Waals surface area contributed by atoms with E-state index in [9.17, 15) is 0 Å². The summed E-state index contributed by atoms with van der Waals surface area (Å²) in [4.78, 5) is 10.1. The van der Waals surface area contributed by atoms with Crippen LogP contribution in [0.4, 0.5) is 0 Å². The first kappa shape index (κ1) is 24.4. The fourth-order valence-corrected chi connectivity index (χ4v) is 5.39. The van der Waals surface area contributed by atoms with Crippen molar-refractivity contribution >= 4 is 43.4 Å². The average Bonchev–Trinajstić information content (AvgIpc) is 3.57. The molecule has 7 rings (SSSR count). The van der Waals surface area contributed by atoms with Crippen molar-refractivity contribution in [3.05, 3.63) is 119 Å². The maximum absolute atomic E-state index is 7.75. The second kappa shape index (κ2) is 11.2. The molecule has 0 N–H and O–H groups in total. The van der Waals surface area contributed by atoms with Crippen LogP contribution in [0.1, 0.15) is 24.3 Å². The smallest absolute Gasteiger partial charge is 0.129 e. The van der Waals surface area contributed by atoms with Gasteiger partial charge in [0.25, 0.3) is 0 Å². The summed E-state index contributed by atoms with van der Waals surface area (Å²) in [6, 6.07) is 30.6. The molecule has 0 saturated carbocycles. The molecule has 0 aliphatic heterocycles. The Morgan fingerprint density at radius 2 is 1.62 bits per heavy atom. The van der Waals surface area contributed by atoms with E-state index >= 15 is 0 Å². The van der Waals surface area contributed by atoms with Crippen LogP contribution in [0.3, 0.4) is 0 Å². The van der Waals surface area contributed by atoms with Gasteiger partial charge in [-0.25, -0.2) is 0 Å². The number of nitrogens with zero attached hydrogens (tertiary/aromatic N) is 2. The molecule has 0 aliphatic carbocycles. The number of hydrogen-bond donors (Lipinski definition) is 0. The van der Waals surface area contributed by atoms with E-state index < -0.39 is 0 Å². The quantitative estimate of drug-likeness (QED) is 0.168. The van der Waals surface area contributed by atoms with Gasteiger partial charge in [-0.05, 0) is 62.3 Å².